The standard InChI is InChI=1S/C14H10ClN3OS/c1-9-3-2-8-17-12(9)16-14(20)18(17)13(19)10-4-6-11(15)7-5-10/h2-8H,1H3. The van der Waals surface area contributed by atoms with E-state index in [1.807, 2.05) is 19.1 Å². The number of carbonyl (C=O) groups is 1. The highest BCUT2D eigenvalue weighted by atomic mass is 35.5. The van der Waals surface area contributed by atoms with Crippen molar-refractivity contribution in [3.8, 4) is 0 Å². The van der Waals surface area contributed by atoms with E-state index in [1.165, 1.54) is 4.68 Å². The molecular formula is C14H10ClN3OS. The Labute approximate surface area is 125 Å². The van der Waals surface area contributed by atoms with E-state index in [1.54, 1.807) is 35.0 Å². The Kier molecular flexibility index (Phi) is 3.16. The van der Waals surface area contributed by atoms with Crippen molar-refractivity contribution >= 4 is 35.4 Å². The van der Waals surface area contributed by atoms with Gasteiger partial charge in [-0.25, -0.2) is 4.52 Å². The Hall–Kier alpha value is -1.98. The van der Waals surface area contributed by atoms with Crippen LogP contribution in [-0.2, 0) is 0 Å². The fourth-order valence-corrected chi connectivity index (χ4v) is 2.41. The van der Waals surface area contributed by atoms with Gasteiger partial charge in [0.25, 0.3) is 5.91 Å². The number of fused-ring (bicyclic) bond motifs is 1. The van der Waals surface area contributed by atoms with Crippen LogP contribution in [0.4, 0.5) is 0 Å². The highest BCUT2D eigenvalue weighted by Gasteiger charge is 2.14. The molecule has 0 radical (unpaired) electrons. The molecule has 0 unspecified atom stereocenters. The molecule has 0 atom stereocenters. The number of carbonyl (C=O) groups excluding carboxylic acids is 1. The van der Waals surface area contributed by atoms with E-state index in [0.29, 0.717) is 16.2 Å². The highest BCUT2D eigenvalue weighted by molar-refractivity contribution is 7.71. The number of rotatable bonds is 1. The number of hydrogen-bond acceptors (Lipinski definition) is 3. The molecular weight excluding hydrogens is 294 g/mol. The molecule has 2 heterocycles. The summed E-state index contributed by atoms with van der Waals surface area (Å²) in [5.74, 6) is -0.232. The summed E-state index contributed by atoms with van der Waals surface area (Å²) in [5.41, 5.74) is 2.15. The molecule has 0 amide bonds. The van der Waals surface area contributed by atoms with Crippen LogP contribution in [-0.4, -0.2) is 20.1 Å². The van der Waals surface area contributed by atoms with Crippen LogP contribution in [0.3, 0.4) is 0 Å². The van der Waals surface area contributed by atoms with Crippen LogP contribution >= 0.6 is 23.8 Å². The Morgan fingerprint density at radius 3 is 2.65 bits per heavy atom. The average molecular weight is 304 g/mol. The molecule has 100 valence electrons. The molecule has 0 saturated carbocycles. The summed E-state index contributed by atoms with van der Waals surface area (Å²) < 4.78 is 3.27. The van der Waals surface area contributed by atoms with Gasteiger partial charge in [0.15, 0.2) is 5.65 Å². The molecule has 0 bridgehead atoms. The first kappa shape index (κ1) is 13.0. The van der Waals surface area contributed by atoms with Crippen molar-refractivity contribution in [1.82, 2.24) is 14.2 Å². The van der Waals surface area contributed by atoms with Gasteiger partial charge in [0.2, 0.25) is 4.77 Å². The quantitative estimate of drug-likeness (QED) is 0.646. The number of benzene rings is 1. The topological polar surface area (TPSA) is 39.3 Å². The molecule has 0 fully saturated rings. The predicted octanol–water partition coefficient (Wildman–Crippen LogP) is 3.52. The molecule has 20 heavy (non-hydrogen) atoms. The Balaban J connectivity index is 2.22. The van der Waals surface area contributed by atoms with E-state index in [-0.39, 0.29) is 10.7 Å². The lowest BCUT2D eigenvalue weighted by molar-refractivity contribution is 0.0938. The van der Waals surface area contributed by atoms with Crippen LogP contribution in [0.5, 0.6) is 0 Å². The van der Waals surface area contributed by atoms with Crippen molar-refractivity contribution in [2.45, 2.75) is 6.92 Å². The van der Waals surface area contributed by atoms with Crippen LogP contribution in [0.25, 0.3) is 5.65 Å². The average Bonchev–Trinajstić information content (AvgIpc) is 2.77. The van der Waals surface area contributed by atoms with Gasteiger partial charge in [0.05, 0.1) is 0 Å². The van der Waals surface area contributed by atoms with Crippen LogP contribution in [0.15, 0.2) is 42.6 Å². The number of aryl methyl sites for hydroxylation is 1. The molecule has 1 aromatic carbocycles. The molecule has 0 saturated heterocycles. The number of hydrogen-bond donors (Lipinski definition) is 0. The van der Waals surface area contributed by atoms with E-state index >= 15 is 0 Å². The summed E-state index contributed by atoms with van der Waals surface area (Å²) in [6.07, 6.45) is 1.76. The number of pyridine rings is 1. The minimum Gasteiger partial charge on any atom is -0.267 e. The number of halogens is 1. The van der Waals surface area contributed by atoms with Gasteiger partial charge >= 0.3 is 0 Å². The minimum atomic E-state index is -0.232. The Morgan fingerprint density at radius 1 is 1.25 bits per heavy atom. The summed E-state index contributed by atoms with van der Waals surface area (Å²) in [7, 11) is 0. The molecule has 0 spiro atoms. The van der Waals surface area contributed by atoms with E-state index in [0.717, 1.165) is 5.56 Å². The fraction of sp³-hybridized carbons (Fsp3) is 0.0714. The van der Waals surface area contributed by atoms with Gasteiger partial charge in [-0.1, -0.05) is 17.7 Å². The minimum absolute atomic E-state index is 0.232. The lowest BCUT2D eigenvalue weighted by atomic mass is 10.2. The lowest BCUT2D eigenvalue weighted by Crippen LogP contribution is -2.17. The predicted molar refractivity (Wildman–Crippen MR) is 79.9 cm³/mol. The van der Waals surface area contributed by atoms with Gasteiger partial charge < -0.3 is 0 Å². The van der Waals surface area contributed by atoms with Crippen molar-refractivity contribution in [3.05, 3.63) is 63.5 Å². The lowest BCUT2D eigenvalue weighted by Gasteiger charge is -2.05. The SMILES string of the molecule is Cc1cccn2c1nc(=S)n2C(=O)c1ccc(Cl)cc1. The molecule has 4 nitrogen and oxygen atoms in total. The highest BCUT2D eigenvalue weighted by Crippen LogP contribution is 2.13. The van der Waals surface area contributed by atoms with Gasteiger partial charge in [-0.05, 0) is 55.0 Å². The molecule has 2 aromatic heterocycles. The van der Waals surface area contributed by atoms with Crippen LogP contribution < -0.4 is 0 Å². The third-order valence-electron chi connectivity index (χ3n) is 3.02. The van der Waals surface area contributed by atoms with Gasteiger partial charge in [-0.15, -0.1) is 0 Å². The molecule has 0 aliphatic carbocycles. The van der Waals surface area contributed by atoms with Gasteiger partial charge in [0.1, 0.15) is 0 Å². The summed E-state index contributed by atoms with van der Waals surface area (Å²) in [4.78, 5) is 16.8. The van der Waals surface area contributed by atoms with E-state index < -0.39 is 0 Å². The molecule has 0 N–H and O–H groups in total. The summed E-state index contributed by atoms with van der Waals surface area (Å²) >= 11 is 11.0. The number of nitrogens with zero attached hydrogens (tertiary/aromatic N) is 3. The zero-order chi connectivity index (χ0) is 14.3. The Bertz CT molecular complexity index is 864. The van der Waals surface area contributed by atoms with E-state index in [4.69, 9.17) is 23.8 Å². The first-order valence-electron chi connectivity index (χ1n) is 5.95. The maximum atomic E-state index is 12.6. The number of aromatic nitrogens is 3. The fourth-order valence-electron chi connectivity index (χ4n) is 2.03. The molecule has 3 aromatic rings. The van der Waals surface area contributed by atoms with Crippen molar-refractivity contribution in [3.63, 3.8) is 0 Å². The smallest absolute Gasteiger partial charge is 0.267 e. The maximum Gasteiger partial charge on any atom is 0.279 e. The third kappa shape index (κ3) is 2.05. The second-order valence-corrected chi connectivity index (χ2v) is 5.18. The van der Waals surface area contributed by atoms with Crippen molar-refractivity contribution in [2.24, 2.45) is 0 Å². The van der Waals surface area contributed by atoms with E-state index in [2.05, 4.69) is 4.98 Å². The largest absolute Gasteiger partial charge is 0.279 e. The maximum absolute atomic E-state index is 12.6. The zero-order valence-electron chi connectivity index (χ0n) is 10.6. The molecule has 0 aliphatic rings. The summed E-state index contributed by atoms with van der Waals surface area (Å²) in [5, 5.41) is 0.583. The first-order chi connectivity index (χ1) is 9.58. The third-order valence-corrected chi connectivity index (χ3v) is 3.54. The zero-order valence-corrected chi connectivity index (χ0v) is 12.1. The van der Waals surface area contributed by atoms with Crippen LogP contribution in [0.2, 0.25) is 5.02 Å². The Morgan fingerprint density at radius 2 is 1.95 bits per heavy atom. The second kappa shape index (κ2) is 4.85. The van der Waals surface area contributed by atoms with Gasteiger partial charge in [0, 0.05) is 16.8 Å². The van der Waals surface area contributed by atoms with Crippen LogP contribution in [0.1, 0.15) is 15.9 Å². The monoisotopic (exact) mass is 303 g/mol. The summed E-state index contributed by atoms with van der Waals surface area (Å²) in [6, 6.07) is 10.5. The summed E-state index contributed by atoms with van der Waals surface area (Å²) in [6.45, 7) is 1.92. The molecule has 0 aliphatic heterocycles. The first-order valence-corrected chi connectivity index (χ1v) is 6.74. The van der Waals surface area contributed by atoms with Crippen molar-refractivity contribution < 1.29 is 4.79 Å². The second-order valence-electron chi connectivity index (χ2n) is 4.38. The van der Waals surface area contributed by atoms with Crippen LogP contribution in [0, 0.1) is 11.7 Å². The normalized spacial score (nSPS) is 10.9. The molecule has 3 rings (SSSR count). The van der Waals surface area contributed by atoms with Gasteiger partial charge in [-0.2, -0.15) is 9.67 Å². The molecule has 6 heteroatoms. The van der Waals surface area contributed by atoms with Gasteiger partial charge in [-0.3, -0.25) is 4.79 Å². The van der Waals surface area contributed by atoms with Crippen molar-refractivity contribution in [1.29, 1.82) is 0 Å². The van der Waals surface area contributed by atoms with Crippen molar-refractivity contribution in [2.75, 3.05) is 0 Å². The van der Waals surface area contributed by atoms with E-state index in [9.17, 15) is 4.79 Å².